The van der Waals surface area contributed by atoms with Gasteiger partial charge in [-0.05, 0) is 67.4 Å². The molecule has 172 valence electrons. The highest BCUT2D eigenvalue weighted by molar-refractivity contribution is 7.92. The van der Waals surface area contributed by atoms with E-state index >= 15 is 0 Å². The molecule has 7 nitrogen and oxygen atoms in total. The fraction of sp³-hybridized carbons (Fsp3) is 0.130. The van der Waals surface area contributed by atoms with E-state index < -0.39 is 21.9 Å². The molecule has 0 heterocycles. The van der Waals surface area contributed by atoms with Crippen molar-refractivity contribution in [3.8, 4) is 0 Å². The molecule has 0 radical (unpaired) electrons. The highest BCUT2D eigenvalue weighted by Gasteiger charge is 2.22. The first-order valence-electron chi connectivity index (χ1n) is 9.61. The van der Waals surface area contributed by atoms with Crippen LogP contribution in [-0.2, 0) is 14.8 Å². The summed E-state index contributed by atoms with van der Waals surface area (Å²) >= 11 is 12.3. The molecule has 0 aromatic heterocycles. The second kappa shape index (κ2) is 9.82. The lowest BCUT2D eigenvalue weighted by atomic mass is 10.1. The third-order valence-corrected chi connectivity index (χ3v) is 7.14. The van der Waals surface area contributed by atoms with Crippen LogP contribution < -0.4 is 10.0 Å². The molecule has 0 fully saturated rings. The molecule has 0 aliphatic rings. The number of halogens is 2. The summed E-state index contributed by atoms with van der Waals surface area (Å²) in [5.41, 5.74) is 2.48. The van der Waals surface area contributed by atoms with E-state index in [2.05, 4.69) is 14.8 Å². The van der Waals surface area contributed by atoms with E-state index in [1.165, 1.54) is 43.5 Å². The first kappa shape index (κ1) is 24.6. The van der Waals surface area contributed by atoms with E-state index in [4.69, 9.17) is 23.2 Å². The number of amides is 1. The Labute approximate surface area is 201 Å². The fourth-order valence-corrected chi connectivity index (χ4v) is 4.79. The number of benzene rings is 3. The van der Waals surface area contributed by atoms with Crippen molar-refractivity contribution in [2.45, 2.75) is 18.7 Å². The van der Waals surface area contributed by atoms with Crippen molar-refractivity contribution in [2.24, 2.45) is 0 Å². The van der Waals surface area contributed by atoms with Crippen molar-refractivity contribution in [3.05, 3.63) is 86.9 Å². The number of carbonyl (C=O) groups is 2. The number of hydrogen-bond acceptors (Lipinski definition) is 5. The number of ether oxygens (including phenoxy) is 1. The van der Waals surface area contributed by atoms with Gasteiger partial charge in [-0.3, -0.25) is 9.52 Å². The number of hydrogen-bond donors (Lipinski definition) is 2. The van der Waals surface area contributed by atoms with Gasteiger partial charge in [0.05, 0.1) is 34.1 Å². The Balaban J connectivity index is 1.92. The molecular weight excluding hydrogens is 487 g/mol. The van der Waals surface area contributed by atoms with Crippen molar-refractivity contribution in [1.82, 2.24) is 0 Å². The molecule has 0 bridgehead atoms. The van der Waals surface area contributed by atoms with Gasteiger partial charge < -0.3 is 10.1 Å². The van der Waals surface area contributed by atoms with Gasteiger partial charge in [-0.25, -0.2) is 13.2 Å². The maximum Gasteiger partial charge on any atom is 0.337 e. The molecule has 1 amide bonds. The summed E-state index contributed by atoms with van der Waals surface area (Å²) in [7, 11) is -2.86. The van der Waals surface area contributed by atoms with Gasteiger partial charge in [-0.15, -0.1) is 0 Å². The maximum absolute atomic E-state index is 13.0. The standard InChI is InChI=1S/C23H20Cl2N2O5S/c1-13-5-4-6-19(14(13)2)27-33(30,31)21-12-15(7-10-18(21)25)22(28)26-20-11-16(23(29)32-3)8-9-17(20)24/h4-12,27H,1-3H3,(H,26,28). The number of sulfonamides is 1. The lowest BCUT2D eigenvalue weighted by molar-refractivity contribution is 0.0600. The SMILES string of the molecule is COC(=O)c1ccc(Cl)c(NC(=O)c2ccc(Cl)c(S(=O)(=O)Nc3cccc(C)c3C)c2)c1. The van der Waals surface area contributed by atoms with Crippen molar-refractivity contribution in [3.63, 3.8) is 0 Å². The predicted octanol–water partition coefficient (Wildman–Crippen LogP) is 5.45. The van der Waals surface area contributed by atoms with E-state index in [0.29, 0.717) is 5.69 Å². The highest BCUT2D eigenvalue weighted by Crippen LogP contribution is 2.28. The molecule has 2 N–H and O–H groups in total. The van der Waals surface area contributed by atoms with E-state index in [1.807, 2.05) is 13.0 Å². The van der Waals surface area contributed by atoms with Gasteiger partial charge in [0, 0.05) is 5.56 Å². The van der Waals surface area contributed by atoms with Gasteiger partial charge in [-0.2, -0.15) is 0 Å². The van der Waals surface area contributed by atoms with Crippen LogP contribution in [0.2, 0.25) is 10.0 Å². The monoisotopic (exact) mass is 506 g/mol. The predicted molar refractivity (Wildman–Crippen MR) is 129 cm³/mol. The van der Waals surface area contributed by atoms with Crippen LogP contribution in [-0.4, -0.2) is 27.4 Å². The average Bonchev–Trinajstić information content (AvgIpc) is 2.77. The zero-order chi connectivity index (χ0) is 24.3. The van der Waals surface area contributed by atoms with E-state index in [-0.39, 0.29) is 31.8 Å². The molecule has 0 spiro atoms. The van der Waals surface area contributed by atoms with Crippen molar-refractivity contribution < 1.29 is 22.7 Å². The lowest BCUT2D eigenvalue weighted by Crippen LogP contribution is -2.17. The Hall–Kier alpha value is -3.07. The number of anilines is 2. The largest absolute Gasteiger partial charge is 0.465 e. The topological polar surface area (TPSA) is 102 Å². The number of esters is 1. The highest BCUT2D eigenvalue weighted by atomic mass is 35.5. The summed E-state index contributed by atoms with van der Waals surface area (Å²) in [6, 6.07) is 13.4. The minimum Gasteiger partial charge on any atom is -0.465 e. The van der Waals surface area contributed by atoms with Gasteiger partial charge in [0.2, 0.25) is 0 Å². The van der Waals surface area contributed by atoms with Gasteiger partial charge >= 0.3 is 5.97 Å². The summed E-state index contributed by atoms with van der Waals surface area (Å²) in [6.45, 7) is 3.66. The fourth-order valence-electron chi connectivity index (χ4n) is 2.97. The Kier molecular flexibility index (Phi) is 7.31. The summed E-state index contributed by atoms with van der Waals surface area (Å²) in [4.78, 5) is 24.3. The molecule has 3 aromatic rings. The molecule has 0 saturated carbocycles. The lowest BCUT2D eigenvalue weighted by Gasteiger charge is -2.14. The zero-order valence-electron chi connectivity index (χ0n) is 17.9. The molecule has 0 saturated heterocycles. The first-order valence-corrected chi connectivity index (χ1v) is 11.8. The van der Waals surface area contributed by atoms with Crippen molar-refractivity contribution >= 4 is 56.5 Å². The quantitative estimate of drug-likeness (QED) is 0.432. The summed E-state index contributed by atoms with van der Waals surface area (Å²) in [5.74, 6) is -1.24. The molecular formula is C23H20Cl2N2O5S. The Morgan fingerprint density at radius 3 is 2.24 bits per heavy atom. The molecule has 0 unspecified atom stereocenters. The molecule has 3 aromatic carbocycles. The number of nitrogens with one attached hydrogen (secondary N) is 2. The molecule has 0 aliphatic carbocycles. The van der Waals surface area contributed by atoms with Gasteiger partial charge in [0.1, 0.15) is 4.90 Å². The van der Waals surface area contributed by atoms with E-state index in [1.54, 1.807) is 19.1 Å². The smallest absolute Gasteiger partial charge is 0.337 e. The van der Waals surface area contributed by atoms with Crippen LogP contribution in [0.5, 0.6) is 0 Å². The normalized spacial score (nSPS) is 11.1. The number of aryl methyl sites for hydroxylation is 1. The van der Waals surface area contributed by atoms with Gasteiger partial charge in [0.15, 0.2) is 0 Å². The summed E-state index contributed by atoms with van der Waals surface area (Å²) < 4.78 is 33.2. The Bertz CT molecular complexity index is 1360. The third kappa shape index (κ3) is 5.47. The summed E-state index contributed by atoms with van der Waals surface area (Å²) in [5, 5.41) is 2.72. The van der Waals surface area contributed by atoms with E-state index in [0.717, 1.165) is 11.1 Å². The minimum atomic E-state index is -4.09. The second-order valence-electron chi connectivity index (χ2n) is 7.14. The third-order valence-electron chi connectivity index (χ3n) is 4.97. The Morgan fingerprint density at radius 2 is 1.55 bits per heavy atom. The number of methoxy groups -OCH3 is 1. The van der Waals surface area contributed by atoms with Gasteiger partial charge in [-0.1, -0.05) is 35.3 Å². The molecule has 33 heavy (non-hydrogen) atoms. The van der Waals surface area contributed by atoms with Crippen LogP contribution >= 0.6 is 23.2 Å². The average molecular weight is 507 g/mol. The molecule has 0 atom stereocenters. The van der Waals surface area contributed by atoms with Crippen LogP contribution in [0.1, 0.15) is 31.8 Å². The van der Waals surface area contributed by atoms with Crippen LogP contribution in [0.15, 0.2) is 59.5 Å². The maximum atomic E-state index is 13.0. The summed E-state index contributed by atoms with van der Waals surface area (Å²) in [6.07, 6.45) is 0. The van der Waals surface area contributed by atoms with Crippen molar-refractivity contribution in [2.75, 3.05) is 17.1 Å². The zero-order valence-corrected chi connectivity index (χ0v) is 20.2. The van der Waals surface area contributed by atoms with Crippen LogP contribution in [0.25, 0.3) is 0 Å². The van der Waals surface area contributed by atoms with Crippen LogP contribution in [0.4, 0.5) is 11.4 Å². The van der Waals surface area contributed by atoms with Crippen molar-refractivity contribution in [1.29, 1.82) is 0 Å². The van der Waals surface area contributed by atoms with Crippen LogP contribution in [0, 0.1) is 13.8 Å². The first-order chi connectivity index (χ1) is 15.5. The molecule has 0 aliphatic heterocycles. The van der Waals surface area contributed by atoms with Crippen LogP contribution in [0.3, 0.4) is 0 Å². The second-order valence-corrected chi connectivity index (χ2v) is 9.60. The van der Waals surface area contributed by atoms with E-state index in [9.17, 15) is 18.0 Å². The number of carbonyl (C=O) groups excluding carboxylic acids is 2. The molecule has 10 heteroatoms. The number of rotatable bonds is 6. The minimum absolute atomic E-state index is 0.0280. The molecule has 3 rings (SSSR count). The van der Waals surface area contributed by atoms with Gasteiger partial charge in [0.25, 0.3) is 15.9 Å². The Morgan fingerprint density at radius 1 is 0.879 bits per heavy atom.